The van der Waals surface area contributed by atoms with E-state index in [1.807, 2.05) is 0 Å². The molecule has 1 aromatic heterocycles. The van der Waals surface area contributed by atoms with Crippen molar-refractivity contribution in [1.29, 1.82) is 0 Å². The zero-order chi connectivity index (χ0) is 11.7. The van der Waals surface area contributed by atoms with Crippen molar-refractivity contribution in [2.45, 2.75) is 6.04 Å². The molecule has 5 N–H and O–H groups in total. The van der Waals surface area contributed by atoms with Crippen LogP contribution in [0.4, 0.5) is 0 Å². The third-order valence-corrected chi connectivity index (χ3v) is 2.28. The third kappa shape index (κ3) is 1.68. The minimum atomic E-state index is -0.782. The van der Waals surface area contributed by atoms with Gasteiger partial charge in [0.15, 0.2) is 0 Å². The van der Waals surface area contributed by atoms with Crippen LogP contribution in [0.1, 0.15) is 17.4 Å². The molecule has 0 saturated heterocycles. The van der Waals surface area contributed by atoms with Gasteiger partial charge in [-0.15, -0.1) is 0 Å². The second kappa shape index (κ2) is 3.79. The van der Waals surface area contributed by atoms with Gasteiger partial charge in [0.2, 0.25) is 0 Å². The van der Waals surface area contributed by atoms with E-state index in [1.54, 1.807) is 12.1 Å². The lowest BCUT2D eigenvalue weighted by molar-refractivity contribution is 0.406. The SMILES string of the molecule is NC(c1ccco1)c1c(O)cc(O)cc1O. The van der Waals surface area contributed by atoms with Crippen molar-refractivity contribution in [2.24, 2.45) is 5.73 Å². The molecular weight excluding hydrogens is 210 g/mol. The number of hydrogen-bond acceptors (Lipinski definition) is 5. The number of rotatable bonds is 2. The first-order chi connectivity index (χ1) is 7.59. The Kier molecular flexibility index (Phi) is 2.46. The lowest BCUT2D eigenvalue weighted by atomic mass is 10.0. The van der Waals surface area contributed by atoms with Crippen LogP contribution in [0.5, 0.6) is 17.2 Å². The van der Waals surface area contributed by atoms with E-state index in [2.05, 4.69) is 0 Å². The molecule has 0 aliphatic carbocycles. The average Bonchev–Trinajstić information content (AvgIpc) is 2.67. The van der Waals surface area contributed by atoms with Gasteiger partial charge in [0.05, 0.1) is 17.9 Å². The van der Waals surface area contributed by atoms with Gasteiger partial charge in [-0.05, 0) is 12.1 Å². The molecule has 2 rings (SSSR count). The Labute approximate surface area is 91.4 Å². The molecular formula is C11H11NO4. The van der Waals surface area contributed by atoms with Crippen LogP contribution >= 0.6 is 0 Å². The maximum absolute atomic E-state index is 9.60. The highest BCUT2D eigenvalue weighted by Gasteiger charge is 2.20. The van der Waals surface area contributed by atoms with Crippen molar-refractivity contribution in [2.75, 3.05) is 0 Å². The standard InChI is InChI=1S/C11H11NO4/c12-11(9-2-1-3-16-9)10-7(14)4-6(13)5-8(10)15/h1-5,11,13-15H,12H2. The lowest BCUT2D eigenvalue weighted by Gasteiger charge is -2.13. The van der Waals surface area contributed by atoms with Crippen molar-refractivity contribution >= 4 is 0 Å². The van der Waals surface area contributed by atoms with E-state index in [0.717, 1.165) is 12.1 Å². The summed E-state index contributed by atoms with van der Waals surface area (Å²) in [5, 5.41) is 28.3. The molecule has 1 aromatic carbocycles. The molecule has 0 aliphatic rings. The maximum Gasteiger partial charge on any atom is 0.128 e. The monoisotopic (exact) mass is 221 g/mol. The van der Waals surface area contributed by atoms with E-state index < -0.39 is 6.04 Å². The van der Waals surface area contributed by atoms with Crippen LogP contribution in [0.25, 0.3) is 0 Å². The highest BCUT2D eigenvalue weighted by molar-refractivity contribution is 5.52. The quantitative estimate of drug-likeness (QED) is 0.615. The van der Waals surface area contributed by atoms with Gasteiger partial charge in [-0.2, -0.15) is 0 Å². The van der Waals surface area contributed by atoms with Crippen molar-refractivity contribution in [1.82, 2.24) is 0 Å². The number of phenolic OH excluding ortho intramolecular Hbond substituents is 3. The first-order valence-electron chi connectivity index (χ1n) is 4.63. The summed E-state index contributed by atoms with van der Waals surface area (Å²) in [7, 11) is 0. The van der Waals surface area contributed by atoms with Crippen LogP contribution in [0.3, 0.4) is 0 Å². The summed E-state index contributed by atoms with van der Waals surface area (Å²) in [5.74, 6) is -0.371. The second-order valence-electron chi connectivity index (χ2n) is 3.39. The zero-order valence-electron chi connectivity index (χ0n) is 8.29. The molecule has 1 atom stereocenters. The van der Waals surface area contributed by atoms with Crippen LogP contribution < -0.4 is 5.73 Å². The molecule has 0 aliphatic heterocycles. The molecule has 5 nitrogen and oxygen atoms in total. The van der Waals surface area contributed by atoms with Crippen LogP contribution in [-0.4, -0.2) is 15.3 Å². The van der Waals surface area contributed by atoms with Crippen molar-refractivity contribution in [3.8, 4) is 17.2 Å². The summed E-state index contributed by atoms with van der Waals surface area (Å²) < 4.78 is 5.08. The van der Waals surface area contributed by atoms with Crippen LogP contribution in [0.2, 0.25) is 0 Å². The van der Waals surface area contributed by atoms with Gasteiger partial charge in [-0.25, -0.2) is 0 Å². The first kappa shape index (κ1) is 10.4. The van der Waals surface area contributed by atoms with E-state index in [0.29, 0.717) is 5.76 Å². The van der Waals surface area contributed by atoms with E-state index in [-0.39, 0.29) is 22.8 Å². The Bertz CT molecular complexity index is 470. The van der Waals surface area contributed by atoms with E-state index >= 15 is 0 Å². The molecule has 0 bridgehead atoms. The third-order valence-electron chi connectivity index (χ3n) is 2.28. The van der Waals surface area contributed by atoms with Crippen molar-refractivity contribution < 1.29 is 19.7 Å². The Morgan fingerprint density at radius 3 is 2.25 bits per heavy atom. The van der Waals surface area contributed by atoms with E-state index in [9.17, 15) is 10.2 Å². The Balaban J connectivity index is 2.48. The normalized spacial score (nSPS) is 12.6. The lowest BCUT2D eigenvalue weighted by Crippen LogP contribution is -2.11. The molecule has 0 radical (unpaired) electrons. The van der Waals surface area contributed by atoms with Crippen LogP contribution in [0.15, 0.2) is 34.9 Å². The Morgan fingerprint density at radius 1 is 1.12 bits per heavy atom. The average molecular weight is 221 g/mol. The molecule has 1 unspecified atom stereocenters. The molecule has 0 amide bonds. The summed E-state index contributed by atoms with van der Waals surface area (Å²) >= 11 is 0. The molecule has 0 fully saturated rings. The van der Waals surface area contributed by atoms with E-state index in [4.69, 9.17) is 15.3 Å². The summed E-state index contributed by atoms with van der Waals surface area (Å²) in [4.78, 5) is 0. The molecule has 5 heteroatoms. The summed E-state index contributed by atoms with van der Waals surface area (Å²) in [6, 6.07) is 4.73. The number of aromatic hydroxyl groups is 3. The number of furan rings is 1. The number of benzene rings is 1. The largest absolute Gasteiger partial charge is 0.508 e. The highest BCUT2D eigenvalue weighted by Crippen LogP contribution is 2.37. The first-order valence-corrected chi connectivity index (χ1v) is 4.63. The zero-order valence-corrected chi connectivity index (χ0v) is 8.29. The van der Waals surface area contributed by atoms with Gasteiger partial charge in [0, 0.05) is 12.1 Å². The maximum atomic E-state index is 9.60. The fourth-order valence-electron chi connectivity index (χ4n) is 1.54. The molecule has 16 heavy (non-hydrogen) atoms. The van der Waals surface area contributed by atoms with Crippen molar-refractivity contribution in [3.05, 3.63) is 41.9 Å². The summed E-state index contributed by atoms with van der Waals surface area (Å²) in [6.07, 6.45) is 1.45. The molecule has 1 heterocycles. The fourth-order valence-corrected chi connectivity index (χ4v) is 1.54. The molecule has 0 spiro atoms. The Morgan fingerprint density at radius 2 is 1.75 bits per heavy atom. The minimum Gasteiger partial charge on any atom is -0.508 e. The smallest absolute Gasteiger partial charge is 0.128 e. The number of phenols is 3. The van der Waals surface area contributed by atoms with Crippen LogP contribution in [-0.2, 0) is 0 Å². The van der Waals surface area contributed by atoms with Gasteiger partial charge in [-0.1, -0.05) is 0 Å². The van der Waals surface area contributed by atoms with Gasteiger partial charge in [0.1, 0.15) is 23.0 Å². The summed E-state index contributed by atoms with van der Waals surface area (Å²) in [5.41, 5.74) is 5.94. The minimum absolute atomic E-state index is 0.118. The summed E-state index contributed by atoms with van der Waals surface area (Å²) in [6.45, 7) is 0. The number of nitrogens with two attached hydrogens (primary N) is 1. The van der Waals surface area contributed by atoms with Gasteiger partial charge < -0.3 is 25.5 Å². The van der Waals surface area contributed by atoms with Crippen LogP contribution in [0, 0.1) is 0 Å². The predicted octanol–water partition coefficient (Wildman–Crippen LogP) is 1.44. The topological polar surface area (TPSA) is 99.9 Å². The van der Waals surface area contributed by atoms with Gasteiger partial charge >= 0.3 is 0 Å². The van der Waals surface area contributed by atoms with E-state index in [1.165, 1.54) is 6.26 Å². The molecule has 2 aromatic rings. The molecule has 0 saturated carbocycles. The van der Waals surface area contributed by atoms with Gasteiger partial charge in [0.25, 0.3) is 0 Å². The predicted molar refractivity (Wildman–Crippen MR) is 56.2 cm³/mol. The highest BCUT2D eigenvalue weighted by atomic mass is 16.3. The van der Waals surface area contributed by atoms with Gasteiger partial charge in [-0.3, -0.25) is 0 Å². The fraction of sp³-hybridized carbons (Fsp3) is 0.0909. The second-order valence-corrected chi connectivity index (χ2v) is 3.39. The number of hydrogen-bond donors (Lipinski definition) is 4. The van der Waals surface area contributed by atoms with Crippen molar-refractivity contribution in [3.63, 3.8) is 0 Å². The Hall–Kier alpha value is -2.14. The molecule has 84 valence electrons.